The summed E-state index contributed by atoms with van der Waals surface area (Å²) in [6.45, 7) is 6.36. The van der Waals surface area contributed by atoms with Crippen LogP contribution in [0.15, 0.2) is 97.2 Å². The van der Waals surface area contributed by atoms with Gasteiger partial charge in [0.1, 0.15) is 13.2 Å². The van der Waals surface area contributed by atoms with Gasteiger partial charge in [-0.05, 0) is 89.9 Å². The Kier molecular flexibility index (Phi) is 55.9. The lowest BCUT2D eigenvalue weighted by molar-refractivity contribution is -0.167. The summed E-state index contributed by atoms with van der Waals surface area (Å²) < 4.78 is 16.8. The van der Waals surface area contributed by atoms with E-state index < -0.39 is 6.10 Å². The van der Waals surface area contributed by atoms with Crippen molar-refractivity contribution in [3.8, 4) is 0 Å². The molecule has 0 aromatic rings. The fraction of sp³-hybridized carbons (Fsp3) is 0.708. The van der Waals surface area contributed by atoms with Crippen LogP contribution in [0.25, 0.3) is 0 Å². The van der Waals surface area contributed by atoms with Crippen LogP contribution in [0.2, 0.25) is 0 Å². The van der Waals surface area contributed by atoms with Crippen LogP contribution in [0, 0.1) is 0 Å². The van der Waals surface area contributed by atoms with Crippen molar-refractivity contribution in [1.29, 1.82) is 0 Å². The van der Waals surface area contributed by atoms with Crippen molar-refractivity contribution in [1.82, 2.24) is 0 Å². The molecule has 0 saturated heterocycles. The Bertz CT molecular complexity index is 1410. The lowest BCUT2D eigenvalue weighted by Crippen LogP contribution is -2.30. The predicted molar refractivity (Wildman–Crippen MR) is 307 cm³/mol. The van der Waals surface area contributed by atoms with Gasteiger partial charge in [0.05, 0.1) is 0 Å². The third-order valence-electron chi connectivity index (χ3n) is 12.6. The number of allylic oxidation sites excluding steroid dienone is 16. The molecule has 0 heterocycles. The number of carbonyl (C=O) groups excluding carboxylic acids is 3. The van der Waals surface area contributed by atoms with E-state index in [2.05, 4.69) is 118 Å². The largest absolute Gasteiger partial charge is 0.462 e. The Hall–Kier alpha value is -3.67. The van der Waals surface area contributed by atoms with Crippen molar-refractivity contribution in [2.45, 2.75) is 284 Å². The number of ether oxygens (including phenoxy) is 3. The smallest absolute Gasteiger partial charge is 0.306 e. The highest BCUT2D eigenvalue weighted by molar-refractivity contribution is 5.71. The topological polar surface area (TPSA) is 78.9 Å². The summed E-state index contributed by atoms with van der Waals surface area (Å²) in [6, 6.07) is 0. The van der Waals surface area contributed by atoms with Crippen molar-refractivity contribution < 1.29 is 28.6 Å². The van der Waals surface area contributed by atoms with Gasteiger partial charge in [0.2, 0.25) is 0 Å². The highest BCUT2D eigenvalue weighted by Crippen LogP contribution is 2.16. The lowest BCUT2D eigenvalue weighted by Gasteiger charge is -2.18. The monoisotopic (exact) mass is 987 g/mol. The number of hydrogen-bond donors (Lipinski definition) is 0. The summed E-state index contributed by atoms with van der Waals surface area (Å²) in [5.41, 5.74) is 0. The van der Waals surface area contributed by atoms with Crippen molar-refractivity contribution in [2.24, 2.45) is 0 Å². The van der Waals surface area contributed by atoms with Gasteiger partial charge in [0.25, 0.3) is 0 Å². The van der Waals surface area contributed by atoms with Gasteiger partial charge in [-0.15, -0.1) is 0 Å². The maximum Gasteiger partial charge on any atom is 0.306 e. The SMILES string of the molecule is CC/C=C\C/C=C\C/C=C\C/C=C\C/C=C\CCCC(=O)OC(COC(=O)CCCCC/C=C\C/C=C\C/C=C\CC)COC(=O)CCCCCCCCCCCCCCCCCCCCCCCCC. The quantitative estimate of drug-likeness (QED) is 0.0261. The van der Waals surface area contributed by atoms with E-state index in [9.17, 15) is 14.4 Å². The molecule has 0 aliphatic rings. The van der Waals surface area contributed by atoms with Gasteiger partial charge in [-0.3, -0.25) is 14.4 Å². The number of carbonyl (C=O) groups is 3. The van der Waals surface area contributed by atoms with Crippen molar-refractivity contribution in [2.75, 3.05) is 13.2 Å². The molecule has 0 aliphatic carbocycles. The minimum Gasteiger partial charge on any atom is -0.462 e. The molecule has 1 atom stereocenters. The van der Waals surface area contributed by atoms with Gasteiger partial charge in [0, 0.05) is 19.3 Å². The van der Waals surface area contributed by atoms with E-state index in [1.165, 1.54) is 128 Å². The second-order valence-corrected chi connectivity index (χ2v) is 19.5. The van der Waals surface area contributed by atoms with Crippen LogP contribution in [-0.2, 0) is 28.6 Å². The molecular formula is C65H110O6. The molecule has 0 aromatic carbocycles. The summed E-state index contributed by atoms with van der Waals surface area (Å²) >= 11 is 0. The zero-order valence-corrected chi connectivity index (χ0v) is 46.5. The maximum atomic E-state index is 12.8. The summed E-state index contributed by atoms with van der Waals surface area (Å²) in [5, 5.41) is 0. The van der Waals surface area contributed by atoms with Gasteiger partial charge in [-0.2, -0.15) is 0 Å². The average molecular weight is 988 g/mol. The van der Waals surface area contributed by atoms with Gasteiger partial charge in [0.15, 0.2) is 6.10 Å². The third kappa shape index (κ3) is 57.1. The average Bonchev–Trinajstić information content (AvgIpc) is 3.37. The first-order valence-corrected chi connectivity index (χ1v) is 29.7. The van der Waals surface area contributed by atoms with Crippen molar-refractivity contribution in [3.05, 3.63) is 97.2 Å². The van der Waals surface area contributed by atoms with Crippen LogP contribution in [0.5, 0.6) is 0 Å². The molecule has 0 aromatic heterocycles. The molecule has 0 radical (unpaired) electrons. The molecule has 71 heavy (non-hydrogen) atoms. The van der Waals surface area contributed by atoms with Crippen LogP contribution < -0.4 is 0 Å². The fourth-order valence-corrected chi connectivity index (χ4v) is 8.20. The zero-order chi connectivity index (χ0) is 51.4. The van der Waals surface area contributed by atoms with E-state index >= 15 is 0 Å². The minimum atomic E-state index is -0.819. The second-order valence-electron chi connectivity index (χ2n) is 19.5. The van der Waals surface area contributed by atoms with E-state index in [1.54, 1.807) is 0 Å². The Labute approximate surface area is 438 Å². The van der Waals surface area contributed by atoms with Crippen LogP contribution in [0.3, 0.4) is 0 Å². The molecule has 1 unspecified atom stereocenters. The van der Waals surface area contributed by atoms with E-state index in [1.807, 2.05) is 0 Å². The first kappa shape index (κ1) is 67.3. The van der Waals surface area contributed by atoms with Gasteiger partial charge >= 0.3 is 17.9 Å². The first-order valence-electron chi connectivity index (χ1n) is 29.7. The van der Waals surface area contributed by atoms with Crippen molar-refractivity contribution in [3.63, 3.8) is 0 Å². The van der Waals surface area contributed by atoms with Gasteiger partial charge < -0.3 is 14.2 Å². The summed E-state index contributed by atoms with van der Waals surface area (Å²) in [5.74, 6) is -0.992. The van der Waals surface area contributed by atoms with Gasteiger partial charge in [-0.25, -0.2) is 0 Å². The molecule has 6 nitrogen and oxygen atoms in total. The van der Waals surface area contributed by atoms with E-state index in [0.717, 1.165) is 103 Å². The summed E-state index contributed by atoms with van der Waals surface area (Å²) in [4.78, 5) is 38.1. The molecule has 0 fully saturated rings. The summed E-state index contributed by atoms with van der Waals surface area (Å²) in [7, 11) is 0. The van der Waals surface area contributed by atoms with E-state index in [-0.39, 0.29) is 37.5 Å². The Balaban J connectivity index is 4.39. The standard InChI is InChI=1S/C65H110O6/c1-4-7-10-13-16-19-22-25-27-29-30-31-32-33-34-36-37-40-43-46-49-52-55-58-64(67)70-61-62(60-69-63(66)57-54-51-48-45-42-39-24-21-18-15-12-9-6-3)71-65(68)59-56-53-50-47-44-41-38-35-28-26-23-20-17-14-11-8-5-2/h8-9,11-12,17-18,20-21,26,28,38-39,41-42,47,50,62H,4-7,10,13-16,19,22-25,27,29-37,40,43-46,48-49,51-61H2,1-3H3/b11-8-,12-9-,20-17-,21-18-,28-26-,41-38-,42-39-,50-47-. The van der Waals surface area contributed by atoms with E-state index in [0.29, 0.717) is 19.3 Å². The molecule has 0 amide bonds. The van der Waals surface area contributed by atoms with Crippen LogP contribution in [-0.4, -0.2) is 37.2 Å². The molecule has 406 valence electrons. The highest BCUT2D eigenvalue weighted by Gasteiger charge is 2.19. The number of rotatable bonds is 53. The van der Waals surface area contributed by atoms with Crippen molar-refractivity contribution >= 4 is 17.9 Å². The molecular weight excluding hydrogens is 877 g/mol. The molecule has 0 bridgehead atoms. The summed E-state index contributed by atoms with van der Waals surface area (Å²) in [6.07, 6.45) is 78.5. The van der Waals surface area contributed by atoms with Crippen LogP contribution in [0.1, 0.15) is 278 Å². The third-order valence-corrected chi connectivity index (χ3v) is 12.6. The fourth-order valence-electron chi connectivity index (χ4n) is 8.20. The molecule has 0 spiro atoms. The normalized spacial score (nSPS) is 12.8. The molecule has 0 N–H and O–H groups in total. The highest BCUT2D eigenvalue weighted by atomic mass is 16.6. The molecule has 0 rings (SSSR count). The second kappa shape index (κ2) is 58.9. The molecule has 6 heteroatoms. The molecule has 0 saturated carbocycles. The molecule has 0 aliphatic heterocycles. The number of esters is 3. The first-order chi connectivity index (χ1) is 35.0. The van der Waals surface area contributed by atoms with Gasteiger partial charge in [-0.1, -0.05) is 266 Å². The Morgan fingerprint density at radius 2 is 0.563 bits per heavy atom. The Morgan fingerprint density at radius 1 is 0.296 bits per heavy atom. The van der Waals surface area contributed by atoms with E-state index in [4.69, 9.17) is 14.2 Å². The maximum absolute atomic E-state index is 12.8. The minimum absolute atomic E-state index is 0.108. The predicted octanol–water partition coefficient (Wildman–Crippen LogP) is 20.1. The Morgan fingerprint density at radius 3 is 0.901 bits per heavy atom. The number of hydrogen-bond acceptors (Lipinski definition) is 6. The van der Waals surface area contributed by atoms with Crippen LogP contribution in [0.4, 0.5) is 0 Å². The number of unbranched alkanes of at least 4 members (excludes halogenated alkanes) is 26. The lowest BCUT2D eigenvalue weighted by atomic mass is 10.0. The zero-order valence-electron chi connectivity index (χ0n) is 46.5. The van der Waals surface area contributed by atoms with Crippen LogP contribution >= 0.6 is 0 Å².